The van der Waals surface area contributed by atoms with E-state index in [9.17, 15) is 9.59 Å². The molecule has 0 aromatic rings. The fraction of sp³-hybridized carbons (Fsp3) is 0.692. The number of carboxylic acids is 1. The van der Waals surface area contributed by atoms with Gasteiger partial charge in [0.2, 0.25) is 5.91 Å². The molecule has 0 aromatic carbocycles. The average molecular weight is 254 g/mol. The van der Waals surface area contributed by atoms with Crippen molar-refractivity contribution in [2.75, 3.05) is 6.54 Å². The standard InChI is InChI=1S/C13H22N2O3/c1-3-8-14-12(16)9(2)15-11-6-4-10(5-7-11)13(17)18/h3,9-11,15H,1,4-8H2,2H3,(H,14,16)(H,17,18). The summed E-state index contributed by atoms with van der Waals surface area (Å²) in [6, 6.07) is -0.0126. The summed E-state index contributed by atoms with van der Waals surface area (Å²) in [6.45, 7) is 5.83. The van der Waals surface area contributed by atoms with Gasteiger partial charge in [-0.25, -0.2) is 0 Å². The molecule has 0 bridgehead atoms. The molecule has 0 aromatic heterocycles. The topological polar surface area (TPSA) is 78.4 Å². The van der Waals surface area contributed by atoms with E-state index in [0.717, 1.165) is 12.8 Å². The van der Waals surface area contributed by atoms with Gasteiger partial charge in [-0.1, -0.05) is 6.08 Å². The molecule has 3 N–H and O–H groups in total. The first-order valence-electron chi connectivity index (χ1n) is 6.42. The number of hydrogen-bond acceptors (Lipinski definition) is 3. The van der Waals surface area contributed by atoms with Crippen LogP contribution in [0.15, 0.2) is 12.7 Å². The number of aliphatic carboxylic acids is 1. The lowest BCUT2D eigenvalue weighted by molar-refractivity contribution is -0.143. The van der Waals surface area contributed by atoms with E-state index in [1.807, 2.05) is 6.92 Å². The minimum Gasteiger partial charge on any atom is -0.481 e. The van der Waals surface area contributed by atoms with E-state index in [1.54, 1.807) is 6.08 Å². The third kappa shape index (κ3) is 4.49. The molecule has 102 valence electrons. The third-order valence-corrected chi connectivity index (χ3v) is 3.38. The van der Waals surface area contributed by atoms with Gasteiger partial charge in [0, 0.05) is 12.6 Å². The number of carbonyl (C=O) groups is 2. The van der Waals surface area contributed by atoms with Gasteiger partial charge in [0.25, 0.3) is 0 Å². The SMILES string of the molecule is C=CCNC(=O)C(C)NC1CCC(C(=O)O)CC1. The van der Waals surface area contributed by atoms with Crippen LogP contribution < -0.4 is 10.6 Å². The van der Waals surface area contributed by atoms with E-state index < -0.39 is 5.97 Å². The number of rotatable bonds is 6. The maximum absolute atomic E-state index is 11.6. The number of amides is 1. The molecular weight excluding hydrogens is 232 g/mol. The Morgan fingerprint density at radius 2 is 2.00 bits per heavy atom. The van der Waals surface area contributed by atoms with Crippen LogP contribution in [0.3, 0.4) is 0 Å². The Morgan fingerprint density at radius 1 is 1.39 bits per heavy atom. The summed E-state index contributed by atoms with van der Waals surface area (Å²) in [4.78, 5) is 22.4. The van der Waals surface area contributed by atoms with Gasteiger partial charge in [0.15, 0.2) is 0 Å². The van der Waals surface area contributed by atoms with E-state index in [4.69, 9.17) is 5.11 Å². The monoisotopic (exact) mass is 254 g/mol. The lowest BCUT2D eigenvalue weighted by Gasteiger charge is -2.29. The Balaban J connectivity index is 2.29. The van der Waals surface area contributed by atoms with Gasteiger partial charge in [-0.15, -0.1) is 6.58 Å². The average Bonchev–Trinajstić information content (AvgIpc) is 2.36. The Bertz CT molecular complexity index is 309. The maximum atomic E-state index is 11.6. The highest BCUT2D eigenvalue weighted by molar-refractivity contribution is 5.81. The van der Waals surface area contributed by atoms with Gasteiger partial charge in [-0.3, -0.25) is 9.59 Å². The molecular formula is C13H22N2O3. The van der Waals surface area contributed by atoms with Crippen LogP contribution >= 0.6 is 0 Å². The summed E-state index contributed by atoms with van der Waals surface area (Å²) in [5.41, 5.74) is 0. The minimum atomic E-state index is -0.703. The molecule has 0 saturated heterocycles. The zero-order valence-electron chi connectivity index (χ0n) is 10.8. The molecule has 0 heterocycles. The zero-order chi connectivity index (χ0) is 13.5. The molecule has 1 saturated carbocycles. The predicted octanol–water partition coefficient (Wildman–Crippen LogP) is 0.910. The lowest BCUT2D eigenvalue weighted by atomic mass is 9.86. The van der Waals surface area contributed by atoms with Gasteiger partial charge in [0.05, 0.1) is 12.0 Å². The van der Waals surface area contributed by atoms with Crippen LogP contribution in [0.25, 0.3) is 0 Å². The number of carbonyl (C=O) groups excluding carboxylic acids is 1. The molecule has 1 amide bonds. The second-order valence-electron chi connectivity index (χ2n) is 4.81. The fourth-order valence-corrected chi connectivity index (χ4v) is 2.26. The van der Waals surface area contributed by atoms with Crippen molar-refractivity contribution in [1.29, 1.82) is 0 Å². The highest BCUT2D eigenvalue weighted by Crippen LogP contribution is 2.24. The number of nitrogens with one attached hydrogen (secondary N) is 2. The van der Waals surface area contributed by atoms with E-state index >= 15 is 0 Å². The zero-order valence-corrected chi connectivity index (χ0v) is 10.8. The molecule has 0 radical (unpaired) electrons. The van der Waals surface area contributed by atoms with Crippen LogP contribution in [0.2, 0.25) is 0 Å². The maximum Gasteiger partial charge on any atom is 0.306 e. The van der Waals surface area contributed by atoms with Crippen molar-refractivity contribution in [3.63, 3.8) is 0 Å². The molecule has 5 heteroatoms. The lowest BCUT2D eigenvalue weighted by Crippen LogP contribution is -2.47. The molecule has 1 unspecified atom stereocenters. The van der Waals surface area contributed by atoms with Gasteiger partial charge in [-0.2, -0.15) is 0 Å². The highest BCUT2D eigenvalue weighted by Gasteiger charge is 2.27. The van der Waals surface area contributed by atoms with Crippen molar-refractivity contribution in [2.24, 2.45) is 5.92 Å². The summed E-state index contributed by atoms with van der Waals surface area (Å²) in [7, 11) is 0. The van der Waals surface area contributed by atoms with Crippen LogP contribution in [0.4, 0.5) is 0 Å². The summed E-state index contributed by atoms with van der Waals surface area (Å²) < 4.78 is 0. The molecule has 1 rings (SSSR count). The first kappa shape index (κ1) is 14.7. The summed E-state index contributed by atoms with van der Waals surface area (Å²) in [5, 5.41) is 14.9. The van der Waals surface area contributed by atoms with Crippen LogP contribution in [0, 0.1) is 5.92 Å². The van der Waals surface area contributed by atoms with Crippen molar-refractivity contribution in [1.82, 2.24) is 10.6 Å². The summed E-state index contributed by atoms with van der Waals surface area (Å²) in [6.07, 6.45) is 4.65. The van der Waals surface area contributed by atoms with Crippen molar-refractivity contribution in [2.45, 2.75) is 44.7 Å². The van der Waals surface area contributed by atoms with Crippen molar-refractivity contribution >= 4 is 11.9 Å². The highest BCUT2D eigenvalue weighted by atomic mass is 16.4. The molecule has 1 fully saturated rings. The Kier molecular flexibility index (Phi) is 5.85. The summed E-state index contributed by atoms with van der Waals surface area (Å²) in [5.74, 6) is -0.964. The van der Waals surface area contributed by atoms with E-state index in [-0.39, 0.29) is 23.9 Å². The van der Waals surface area contributed by atoms with Gasteiger partial charge in [-0.05, 0) is 32.6 Å². The van der Waals surface area contributed by atoms with E-state index in [2.05, 4.69) is 17.2 Å². The van der Waals surface area contributed by atoms with Crippen LogP contribution in [0.1, 0.15) is 32.6 Å². The van der Waals surface area contributed by atoms with Crippen molar-refractivity contribution in [3.8, 4) is 0 Å². The smallest absolute Gasteiger partial charge is 0.306 e. The molecule has 1 aliphatic rings. The molecule has 5 nitrogen and oxygen atoms in total. The largest absolute Gasteiger partial charge is 0.481 e. The second kappa shape index (κ2) is 7.16. The second-order valence-corrected chi connectivity index (χ2v) is 4.81. The normalized spacial score (nSPS) is 25.2. The fourth-order valence-electron chi connectivity index (χ4n) is 2.26. The molecule has 18 heavy (non-hydrogen) atoms. The Labute approximate surface area is 108 Å². The molecule has 1 atom stereocenters. The van der Waals surface area contributed by atoms with Crippen molar-refractivity contribution < 1.29 is 14.7 Å². The number of carboxylic acid groups (broad SMARTS) is 1. The van der Waals surface area contributed by atoms with Gasteiger partial charge < -0.3 is 15.7 Å². The Morgan fingerprint density at radius 3 is 2.50 bits per heavy atom. The number of hydrogen-bond donors (Lipinski definition) is 3. The quantitative estimate of drug-likeness (QED) is 0.616. The van der Waals surface area contributed by atoms with E-state index in [0.29, 0.717) is 19.4 Å². The molecule has 0 spiro atoms. The van der Waals surface area contributed by atoms with Crippen LogP contribution in [0.5, 0.6) is 0 Å². The van der Waals surface area contributed by atoms with Gasteiger partial charge >= 0.3 is 5.97 Å². The first-order valence-corrected chi connectivity index (χ1v) is 6.42. The van der Waals surface area contributed by atoms with Crippen molar-refractivity contribution in [3.05, 3.63) is 12.7 Å². The van der Waals surface area contributed by atoms with Crippen LogP contribution in [-0.4, -0.2) is 35.6 Å². The summed E-state index contributed by atoms with van der Waals surface area (Å²) >= 11 is 0. The molecule has 0 aliphatic heterocycles. The van der Waals surface area contributed by atoms with E-state index in [1.165, 1.54) is 0 Å². The third-order valence-electron chi connectivity index (χ3n) is 3.38. The Hall–Kier alpha value is -1.36. The predicted molar refractivity (Wildman–Crippen MR) is 69.2 cm³/mol. The first-order chi connectivity index (χ1) is 8.54. The minimum absolute atomic E-state index is 0.0461. The molecule has 1 aliphatic carbocycles. The van der Waals surface area contributed by atoms with Gasteiger partial charge in [0.1, 0.15) is 0 Å². The van der Waals surface area contributed by atoms with Crippen LogP contribution in [-0.2, 0) is 9.59 Å².